The number of hydrogen-bond acceptors (Lipinski definition) is 5. The van der Waals surface area contributed by atoms with Crippen LogP contribution in [0.5, 0.6) is 0 Å². The number of rotatable bonds is 5. The Kier molecular flexibility index (Phi) is 5.90. The molecule has 0 aliphatic carbocycles. The van der Waals surface area contributed by atoms with Crippen molar-refractivity contribution < 1.29 is 18.8 Å². The molecule has 0 atom stereocenters. The maximum Gasteiger partial charge on any atom is 0.254 e. The average Bonchev–Trinajstić information content (AvgIpc) is 2.98. The van der Waals surface area contributed by atoms with E-state index in [9.17, 15) is 9.59 Å². The second-order valence-electron chi connectivity index (χ2n) is 6.05. The summed E-state index contributed by atoms with van der Waals surface area (Å²) in [5.74, 6) is -0.228. The van der Waals surface area contributed by atoms with E-state index in [1.165, 1.54) is 0 Å². The summed E-state index contributed by atoms with van der Waals surface area (Å²) in [6, 6.07) is 6.94. The van der Waals surface area contributed by atoms with E-state index >= 15 is 0 Å². The fraction of sp³-hybridized carbons (Fsp3) is 0.389. The monoisotopic (exact) mass is 377 g/mol. The van der Waals surface area contributed by atoms with Crippen LogP contribution in [0.3, 0.4) is 0 Å². The Labute approximate surface area is 156 Å². The van der Waals surface area contributed by atoms with Crippen LogP contribution in [-0.4, -0.2) is 48.2 Å². The van der Waals surface area contributed by atoms with Crippen molar-refractivity contribution in [3.8, 4) is 0 Å². The number of benzene rings is 1. The lowest BCUT2D eigenvalue weighted by molar-refractivity contribution is -0.116. The summed E-state index contributed by atoms with van der Waals surface area (Å²) in [6.07, 6.45) is 0.676. The van der Waals surface area contributed by atoms with Crippen molar-refractivity contribution in [2.45, 2.75) is 19.8 Å². The molecule has 2 heterocycles. The van der Waals surface area contributed by atoms with Crippen LogP contribution in [0.4, 0.5) is 5.69 Å². The highest BCUT2D eigenvalue weighted by Gasteiger charge is 2.19. The van der Waals surface area contributed by atoms with Gasteiger partial charge >= 0.3 is 0 Å². The first-order chi connectivity index (χ1) is 12.5. The van der Waals surface area contributed by atoms with Crippen molar-refractivity contribution in [2.75, 3.05) is 31.6 Å². The molecular formula is C18H20ClN3O4. The molecule has 3 rings (SSSR count). The van der Waals surface area contributed by atoms with Gasteiger partial charge in [0.15, 0.2) is 0 Å². The van der Waals surface area contributed by atoms with Crippen molar-refractivity contribution >= 4 is 29.1 Å². The van der Waals surface area contributed by atoms with E-state index in [0.29, 0.717) is 49.7 Å². The SMILES string of the molecule is Cc1noc(Cl)c1CCC(=O)Nc1cccc(C(=O)N2CCOCC2)c1. The Morgan fingerprint density at radius 1 is 1.31 bits per heavy atom. The second-order valence-corrected chi connectivity index (χ2v) is 6.40. The lowest BCUT2D eigenvalue weighted by atomic mass is 10.1. The van der Waals surface area contributed by atoms with Gasteiger partial charge in [-0.05, 0) is 43.1 Å². The maximum atomic E-state index is 12.5. The molecular weight excluding hydrogens is 358 g/mol. The maximum absolute atomic E-state index is 12.5. The molecule has 0 radical (unpaired) electrons. The fourth-order valence-corrected chi connectivity index (χ4v) is 3.05. The smallest absolute Gasteiger partial charge is 0.254 e. The minimum absolute atomic E-state index is 0.0590. The van der Waals surface area contributed by atoms with E-state index in [0.717, 1.165) is 5.56 Å². The lowest BCUT2D eigenvalue weighted by Crippen LogP contribution is -2.40. The number of anilines is 1. The van der Waals surface area contributed by atoms with E-state index < -0.39 is 0 Å². The Morgan fingerprint density at radius 3 is 2.77 bits per heavy atom. The van der Waals surface area contributed by atoms with Crippen LogP contribution in [-0.2, 0) is 16.0 Å². The predicted molar refractivity (Wildman–Crippen MR) is 96.4 cm³/mol. The van der Waals surface area contributed by atoms with E-state index in [2.05, 4.69) is 10.5 Å². The van der Waals surface area contributed by atoms with Gasteiger partial charge in [0.2, 0.25) is 11.1 Å². The van der Waals surface area contributed by atoms with Crippen molar-refractivity contribution in [3.05, 3.63) is 46.3 Å². The van der Waals surface area contributed by atoms with E-state index in [1.807, 2.05) is 0 Å². The second kappa shape index (κ2) is 8.33. The molecule has 1 N–H and O–H groups in total. The van der Waals surface area contributed by atoms with Crippen molar-refractivity contribution in [1.82, 2.24) is 10.1 Å². The Hall–Kier alpha value is -2.38. The van der Waals surface area contributed by atoms with E-state index in [4.69, 9.17) is 20.9 Å². The van der Waals surface area contributed by atoms with Crippen molar-refractivity contribution in [1.29, 1.82) is 0 Å². The number of carbonyl (C=O) groups excluding carboxylic acids is 2. The van der Waals surface area contributed by atoms with Gasteiger partial charge in [-0.15, -0.1) is 0 Å². The van der Waals surface area contributed by atoms with Crippen LogP contribution >= 0.6 is 11.6 Å². The summed E-state index contributed by atoms with van der Waals surface area (Å²) >= 11 is 5.91. The number of halogens is 1. The summed E-state index contributed by atoms with van der Waals surface area (Å²) in [5, 5.41) is 6.79. The molecule has 2 aromatic rings. The zero-order valence-corrected chi connectivity index (χ0v) is 15.2. The summed E-state index contributed by atoms with van der Waals surface area (Å²) < 4.78 is 10.1. The summed E-state index contributed by atoms with van der Waals surface area (Å²) in [4.78, 5) is 26.5. The van der Waals surface area contributed by atoms with Crippen molar-refractivity contribution in [2.24, 2.45) is 0 Å². The van der Waals surface area contributed by atoms with Crippen LogP contribution in [0, 0.1) is 6.92 Å². The third-order valence-corrected chi connectivity index (χ3v) is 4.53. The zero-order valence-electron chi connectivity index (χ0n) is 14.5. The van der Waals surface area contributed by atoms with Crippen LogP contribution in [0.2, 0.25) is 5.22 Å². The first kappa shape index (κ1) is 18.4. The Balaban J connectivity index is 1.59. The van der Waals surface area contributed by atoms with Gasteiger partial charge in [-0.3, -0.25) is 9.59 Å². The highest BCUT2D eigenvalue weighted by atomic mass is 35.5. The topological polar surface area (TPSA) is 84.7 Å². The average molecular weight is 378 g/mol. The van der Waals surface area contributed by atoms with Gasteiger partial charge in [-0.2, -0.15) is 0 Å². The van der Waals surface area contributed by atoms with Crippen LogP contribution < -0.4 is 5.32 Å². The summed E-state index contributed by atoms with van der Waals surface area (Å²) in [7, 11) is 0. The number of nitrogens with zero attached hydrogens (tertiary/aromatic N) is 2. The zero-order chi connectivity index (χ0) is 18.5. The van der Waals surface area contributed by atoms with Gasteiger partial charge in [0, 0.05) is 36.3 Å². The van der Waals surface area contributed by atoms with Gasteiger partial charge in [-0.25, -0.2) is 0 Å². The molecule has 1 saturated heterocycles. The van der Waals surface area contributed by atoms with E-state index in [1.54, 1.807) is 36.1 Å². The summed E-state index contributed by atoms with van der Waals surface area (Å²) in [6.45, 7) is 4.03. The molecule has 26 heavy (non-hydrogen) atoms. The molecule has 0 saturated carbocycles. The molecule has 2 amide bonds. The van der Waals surface area contributed by atoms with Crippen LogP contribution in [0.25, 0.3) is 0 Å². The first-order valence-corrected chi connectivity index (χ1v) is 8.80. The number of nitrogens with one attached hydrogen (secondary N) is 1. The molecule has 8 heteroatoms. The molecule has 1 fully saturated rings. The van der Waals surface area contributed by atoms with Crippen molar-refractivity contribution in [3.63, 3.8) is 0 Å². The molecule has 0 bridgehead atoms. The molecule has 138 valence electrons. The highest BCUT2D eigenvalue weighted by Crippen LogP contribution is 2.21. The molecule has 1 aromatic carbocycles. The van der Waals surface area contributed by atoms with Gasteiger partial charge < -0.3 is 19.5 Å². The number of amides is 2. The molecule has 7 nitrogen and oxygen atoms in total. The molecule has 1 aliphatic heterocycles. The largest absolute Gasteiger partial charge is 0.378 e. The summed E-state index contributed by atoms with van der Waals surface area (Å²) in [5.41, 5.74) is 2.55. The predicted octanol–water partition coefficient (Wildman–Crippen LogP) is 2.68. The number of aromatic nitrogens is 1. The standard InChI is InChI=1S/C18H20ClN3O4/c1-12-15(17(19)26-21-12)5-6-16(23)20-14-4-2-3-13(11-14)18(24)22-7-9-25-10-8-22/h2-4,11H,5-10H2,1H3,(H,20,23). The van der Waals surface area contributed by atoms with Gasteiger partial charge in [0.25, 0.3) is 5.91 Å². The Bertz CT molecular complexity index is 780. The van der Waals surface area contributed by atoms with Gasteiger partial charge in [0.05, 0.1) is 18.9 Å². The van der Waals surface area contributed by atoms with Crippen LogP contribution in [0.1, 0.15) is 28.0 Å². The van der Waals surface area contributed by atoms with E-state index in [-0.39, 0.29) is 23.5 Å². The molecule has 0 spiro atoms. The number of ether oxygens (including phenoxy) is 1. The van der Waals surface area contributed by atoms with Gasteiger partial charge in [0.1, 0.15) is 0 Å². The first-order valence-electron chi connectivity index (χ1n) is 8.42. The number of aryl methyl sites for hydroxylation is 1. The third kappa shape index (κ3) is 4.42. The highest BCUT2D eigenvalue weighted by molar-refractivity contribution is 6.29. The fourth-order valence-electron chi connectivity index (χ4n) is 2.78. The molecule has 1 aliphatic rings. The number of hydrogen-bond donors (Lipinski definition) is 1. The minimum Gasteiger partial charge on any atom is -0.378 e. The molecule has 1 aromatic heterocycles. The van der Waals surface area contributed by atoms with Crippen LogP contribution in [0.15, 0.2) is 28.8 Å². The Morgan fingerprint density at radius 2 is 2.08 bits per heavy atom. The third-order valence-electron chi connectivity index (χ3n) is 4.23. The normalized spacial score (nSPS) is 14.3. The quantitative estimate of drug-likeness (QED) is 0.865. The number of morpholine rings is 1. The lowest BCUT2D eigenvalue weighted by Gasteiger charge is -2.27. The minimum atomic E-state index is -0.169. The molecule has 0 unspecified atom stereocenters. The number of carbonyl (C=O) groups is 2. The van der Waals surface area contributed by atoms with Gasteiger partial charge in [-0.1, -0.05) is 11.2 Å².